The van der Waals surface area contributed by atoms with Crippen molar-refractivity contribution in [3.05, 3.63) is 65.7 Å². The molecule has 124 valence electrons. The van der Waals surface area contributed by atoms with Crippen LogP contribution in [0.25, 0.3) is 11.4 Å². The SMILES string of the molecule is Cc1ccc(S(=O)(=O)NCc2cccc(-c3ncn[nH]3)c2)cc1F. The lowest BCUT2D eigenvalue weighted by Crippen LogP contribution is -2.23. The van der Waals surface area contributed by atoms with E-state index in [1.165, 1.54) is 18.5 Å². The molecule has 0 aliphatic carbocycles. The van der Waals surface area contributed by atoms with Crippen molar-refractivity contribution in [2.45, 2.75) is 18.4 Å². The van der Waals surface area contributed by atoms with E-state index in [1.807, 2.05) is 6.07 Å². The summed E-state index contributed by atoms with van der Waals surface area (Å²) in [5.41, 5.74) is 1.94. The first kappa shape index (κ1) is 16.3. The van der Waals surface area contributed by atoms with Crippen LogP contribution in [0.4, 0.5) is 4.39 Å². The molecule has 0 amide bonds. The van der Waals surface area contributed by atoms with Gasteiger partial charge in [0.15, 0.2) is 5.82 Å². The molecule has 0 saturated heterocycles. The number of nitrogens with zero attached hydrogens (tertiary/aromatic N) is 2. The van der Waals surface area contributed by atoms with Crippen molar-refractivity contribution in [2.75, 3.05) is 0 Å². The quantitative estimate of drug-likeness (QED) is 0.742. The summed E-state index contributed by atoms with van der Waals surface area (Å²) >= 11 is 0. The smallest absolute Gasteiger partial charge is 0.240 e. The van der Waals surface area contributed by atoms with Crippen molar-refractivity contribution in [3.8, 4) is 11.4 Å². The minimum absolute atomic E-state index is 0.0831. The molecule has 0 unspecified atom stereocenters. The third kappa shape index (κ3) is 3.50. The zero-order valence-electron chi connectivity index (χ0n) is 12.8. The number of aromatic nitrogens is 3. The minimum atomic E-state index is -3.79. The summed E-state index contributed by atoms with van der Waals surface area (Å²) in [4.78, 5) is 3.95. The molecule has 6 nitrogen and oxygen atoms in total. The van der Waals surface area contributed by atoms with Crippen LogP contribution in [-0.4, -0.2) is 23.6 Å². The molecular weight excluding hydrogens is 331 g/mol. The van der Waals surface area contributed by atoms with Crippen LogP contribution in [0.1, 0.15) is 11.1 Å². The highest BCUT2D eigenvalue weighted by molar-refractivity contribution is 7.89. The van der Waals surface area contributed by atoms with Crippen molar-refractivity contribution in [2.24, 2.45) is 0 Å². The number of hydrogen-bond donors (Lipinski definition) is 2. The van der Waals surface area contributed by atoms with E-state index in [-0.39, 0.29) is 11.4 Å². The van der Waals surface area contributed by atoms with E-state index in [2.05, 4.69) is 19.9 Å². The number of halogens is 1. The van der Waals surface area contributed by atoms with Gasteiger partial charge in [0.1, 0.15) is 12.1 Å². The molecule has 8 heteroatoms. The summed E-state index contributed by atoms with van der Waals surface area (Å²) in [6.07, 6.45) is 1.40. The van der Waals surface area contributed by atoms with Gasteiger partial charge < -0.3 is 0 Å². The lowest BCUT2D eigenvalue weighted by molar-refractivity contribution is 0.576. The molecule has 1 aromatic heterocycles. The van der Waals surface area contributed by atoms with Gasteiger partial charge in [-0.3, -0.25) is 5.10 Å². The molecule has 0 bridgehead atoms. The Morgan fingerprint density at radius 3 is 2.75 bits per heavy atom. The summed E-state index contributed by atoms with van der Waals surface area (Å²) in [7, 11) is -3.79. The molecule has 0 spiro atoms. The van der Waals surface area contributed by atoms with Gasteiger partial charge in [-0.25, -0.2) is 22.5 Å². The summed E-state index contributed by atoms with van der Waals surface area (Å²) < 4.78 is 40.6. The topological polar surface area (TPSA) is 87.7 Å². The molecular formula is C16H15FN4O2S. The number of aryl methyl sites for hydroxylation is 1. The highest BCUT2D eigenvalue weighted by Crippen LogP contribution is 2.17. The second-order valence-corrected chi connectivity index (χ2v) is 7.04. The average molecular weight is 346 g/mol. The second kappa shape index (κ2) is 6.50. The number of aromatic amines is 1. The van der Waals surface area contributed by atoms with Crippen LogP contribution in [0.2, 0.25) is 0 Å². The van der Waals surface area contributed by atoms with Gasteiger partial charge in [0.25, 0.3) is 0 Å². The van der Waals surface area contributed by atoms with Gasteiger partial charge in [-0.05, 0) is 36.2 Å². The molecule has 2 N–H and O–H groups in total. The Morgan fingerprint density at radius 2 is 2.04 bits per heavy atom. The van der Waals surface area contributed by atoms with Crippen LogP contribution in [0.15, 0.2) is 53.7 Å². The van der Waals surface area contributed by atoms with Gasteiger partial charge in [-0.1, -0.05) is 24.3 Å². The van der Waals surface area contributed by atoms with E-state index in [4.69, 9.17) is 0 Å². The van der Waals surface area contributed by atoms with Crippen molar-refractivity contribution in [1.82, 2.24) is 19.9 Å². The van der Waals surface area contributed by atoms with Crippen LogP contribution in [0.3, 0.4) is 0 Å². The molecule has 1 heterocycles. The molecule has 2 aromatic carbocycles. The van der Waals surface area contributed by atoms with Crippen LogP contribution < -0.4 is 4.72 Å². The number of sulfonamides is 1. The highest BCUT2D eigenvalue weighted by atomic mass is 32.2. The predicted molar refractivity (Wildman–Crippen MR) is 87.0 cm³/mol. The maximum absolute atomic E-state index is 13.6. The Bertz CT molecular complexity index is 956. The number of rotatable bonds is 5. The zero-order chi connectivity index (χ0) is 17.2. The van der Waals surface area contributed by atoms with E-state index in [9.17, 15) is 12.8 Å². The van der Waals surface area contributed by atoms with Gasteiger partial charge >= 0.3 is 0 Å². The number of H-pyrrole nitrogens is 1. The Labute approximate surface area is 138 Å². The molecule has 0 aliphatic heterocycles. The Hall–Kier alpha value is -2.58. The van der Waals surface area contributed by atoms with Crippen LogP contribution in [-0.2, 0) is 16.6 Å². The van der Waals surface area contributed by atoms with Crippen LogP contribution in [0, 0.1) is 12.7 Å². The molecule has 3 rings (SSSR count). The van der Waals surface area contributed by atoms with Crippen molar-refractivity contribution < 1.29 is 12.8 Å². The van der Waals surface area contributed by atoms with Crippen LogP contribution >= 0.6 is 0 Å². The highest BCUT2D eigenvalue weighted by Gasteiger charge is 2.15. The molecule has 0 radical (unpaired) electrons. The number of nitrogens with one attached hydrogen (secondary N) is 2. The average Bonchev–Trinajstić information content (AvgIpc) is 3.10. The van der Waals surface area contributed by atoms with Crippen molar-refractivity contribution >= 4 is 10.0 Å². The maximum atomic E-state index is 13.6. The van der Waals surface area contributed by atoms with E-state index >= 15 is 0 Å². The molecule has 3 aromatic rings. The molecule has 0 fully saturated rings. The number of benzene rings is 2. The van der Waals surface area contributed by atoms with Crippen LogP contribution in [0.5, 0.6) is 0 Å². The summed E-state index contributed by atoms with van der Waals surface area (Å²) in [6.45, 7) is 1.66. The molecule has 0 atom stereocenters. The van der Waals surface area contributed by atoms with Crippen molar-refractivity contribution in [1.29, 1.82) is 0 Å². The Morgan fingerprint density at radius 1 is 1.21 bits per heavy atom. The fraction of sp³-hybridized carbons (Fsp3) is 0.125. The first-order valence-electron chi connectivity index (χ1n) is 7.16. The largest absolute Gasteiger partial charge is 0.259 e. The van der Waals surface area contributed by atoms with E-state index < -0.39 is 15.8 Å². The zero-order valence-corrected chi connectivity index (χ0v) is 13.6. The minimum Gasteiger partial charge on any atom is -0.259 e. The lowest BCUT2D eigenvalue weighted by atomic mass is 10.1. The standard InChI is InChI=1S/C16H15FN4O2S/c1-11-5-6-14(8-15(11)17)24(22,23)20-9-12-3-2-4-13(7-12)16-18-10-19-21-16/h2-8,10,20H,9H2,1H3,(H,18,19,21). The molecule has 24 heavy (non-hydrogen) atoms. The fourth-order valence-corrected chi connectivity index (χ4v) is 3.20. The molecule has 0 aliphatic rings. The third-order valence-electron chi connectivity index (χ3n) is 3.54. The second-order valence-electron chi connectivity index (χ2n) is 5.27. The van der Waals surface area contributed by atoms with Gasteiger partial charge in [0.2, 0.25) is 10.0 Å². The predicted octanol–water partition coefficient (Wildman–Crippen LogP) is 2.40. The molecule has 0 saturated carbocycles. The summed E-state index contributed by atoms with van der Waals surface area (Å²) in [6, 6.07) is 11.1. The van der Waals surface area contributed by atoms with E-state index in [0.717, 1.165) is 17.2 Å². The lowest BCUT2D eigenvalue weighted by Gasteiger charge is -2.08. The third-order valence-corrected chi connectivity index (χ3v) is 4.93. The van der Waals surface area contributed by atoms with Gasteiger partial charge in [0.05, 0.1) is 4.90 Å². The Balaban J connectivity index is 1.77. The normalized spacial score (nSPS) is 11.6. The fourth-order valence-electron chi connectivity index (χ4n) is 2.18. The Kier molecular flexibility index (Phi) is 4.41. The van der Waals surface area contributed by atoms with E-state index in [1.54, 1.807) is 25.1 Å². The van der Waals surface area contributed by atoms with Gasteiger partial charge in [-0.2, -0.15) is 5.10 Å². The van der Waals surface area contributed by atoms with Gasteiger partial charge in [0, 0.05) is 12.1 Å². The first-order valence-corrected chi connectivity index (χ1v) is 8.64. The first-order chi connectivity index (χ1) is 11.5. The monoisotopic (exact) mass is 346 g/mol. The van der Waals surface area contributed by atoms with E-state index in [0.29, 0.717) is 11.4 Å². The maximum Gasteiger partial charge on any atom is 0.240 e. The summed E-state index contributed by atoms with van der Waals surface area (Å²) in [5, 5.41) is 6.53. The summed E-state index contributed by atoms with van der Waals surface area (Å²) in [5.74, 6) is 0.0468. The van der Waals surface area contributed by atoms with Crippen molar-refractivity contribution in [3.63, 3.8) is 0 Å². The number of hydrogen-bond acceptors (Lipinski definition) is 4. The van der Waals surface area contributed by atoms with Gasteiger partial charge in [-0.15, -0.1) is 0 Å².